The topological polar surface area (TPSA) is 50.8 Å². The average Bonchev–Trinajstić information content (AvgIpc) is 2.77. The monoisotopic (exact) mass is 394 g/mol. The Hall–Kier alpha value is -2.95. The number of anilines is 2. The zero-order valence-corrected chi connectivity index (χ0v) is 17.3. The van der Waals surface area contributed by atoms with Gasteiger partial charge >= 0.3 is 0 Å². The molecule has 1 saturated heterocycles. The number of carbonyl (C=O) groups excluding carboxylic acids is 1. The minimum absolute atomic E-state index is 0.166. The van der Waals surface area contributed by atoms with Crippen molar-refractivity contribution in [2.75, 3.05) is 37.0 Å². The Balaban J connectivity index is 1.57. The first-order valence-corrected chi connectivity index (χ1v) is 10.3. The summed E-state index contributed by atoms with van der Waals surface area (Å²) < 4.78 is 11.0. The fourth-order valence-electron chi connectivity index (χ4n) is 3.38. The van der Waals surface area contributed by atoms with Gasteiger partial charge in [0, 0.05) is 30.5 Å². The summed E-state index contributed by atoms with van der Waals surface area (Å²) >= 11 is 0. The van der Waals surface area contributed by atoms with Gasteiger partial charge in [-0.25, -0.2) is 0 Å². The molecule has 2 aromatic rings. The predicted molar refractivity (Wildman–Crippen MR) is 119 cm³/mol. The van der Waals surface area contributed by atoms with Crippen LogP contribution in [0.4, 0.5) is 11.4 Å². The largest absolute Gasteiger partial charge is 0.493 e. The van der Waals surface area contributed by atoms with E-state index < -0.39 is 0 Å². The van der Waals surface area contributed by atoms with Crippen molar-refractivity contribution in [2.24, 2.45) is 0 Å². The number of carbonyl (C=O) groups is 1. The zero-order chi connectivity index (χ0) is 20.5. The molecule has 1 heterocycles. The van der Waals surface area contributed by atoms with Crippen LogP contribution in [0.3, 0.4) is 0 Å². The van der Waals surface area contributed by atoms with Crippen molar-refractivity contribution in [1.82, 2.24) is 0 Å². The van der Waals surface area contributed by atoms with Crippen molar-refractivity contribution < 1.29 is 14.3 Å². The highest BCUT2D eigenvalue weighted by atomic mass is 16.5. The number of benzene rings is 2. The molecule has 1 amide bonds. The van der Waals surface area contributed by atoms with Crippen LogP contribution < -0.4 is 19.7 Å². The summed E-state index contributed by atoms with van der Waals surface area (Å²) in [4.78, 5) is 14.7. The first kappa shape index (κ1) is 20.8. The number of amides is 1. The standard InChI is InChI=1S/C24H30N2O3/c1-3-17-29-22-13-7-19(18-23(22)28-2)8-14-24(27)25-20-9-11-21(12-10-20)26-15-5-4-6-16-26/h7-14,18H,3-6,15-17H2,1-2H3,(H,25,27). The van der Waals surface area contributed by atoms with Gasteiger partial charge in [0.2, 0.25) is 5.91 Å². The Kier molecular flexibility index (Phi) is 7.56. The summed E-state index contributed by atoms with van der Waals surface area (Å²) in [6, 6.07) is 13.7. The molecular formula is C24H30N2O3. The van der Waals surface area contributed by atoms with Crippen LogP contribution in [0.15, 0.2) is 48.5 Å². The number of nitrogens with zero attached hydrogens (tertiary/aromatic N) is 1. The van der Waals surface area contributed by atoms with Crippen LogP contribution in [-0.4, -0.2) is 32.7 Å². The van der Waals surface area contributed by atoms with Crippen molar-refractivity contribution in [2.45, 2.75) is 32.6 Å². The Morgan fingerprint density at radius 2 is 1.83 bits per heavy atom. The van der Waals surface area contributed by atoms with Crippen LogP contribution in [-0.2, 0) is 4.79 Å². The molecule has 1 aliphatic heterocycles. The molecule has 0 aromatic heterocycles. The number of ether oxygens (including phenoxy) is 2. The van der Waals surface area contributed by atoms with Crippen LogP contribution in [0, 0.1) is 0 Å². The lowest BCUT2D eigenvalue weighted by atomic mass is 10.1. The van der Waals surface area contributed by atoms with E-state index in [0.717, 1.165) is 30.8 Å². The summed E-state index contributed by atoms with van der Waals surface area (Å²) in [7, 11) is 1.61. The summed E-state index contributed by atoms with van der Waals surface area (Å²) in [5, 5.41) is 2.91. The summed E-state index contributed by atoms with van der Waals surface area (Å²) in [6.45, 7) is 4.92. The molecule has 1 N–H and O–H groups in total. The fourth-order valence-corrected chi connectivity index (χ4v) is 3.38. The summed E-state index contributed by atoms with van der Waals surface area (Å²) in [5.74, 6) is 1.21. The van der Waals surface area contributed by atoms with Gasteiger partial charge in [-0.3, -0.25) is 4.79 Å². The van der Waals surface area contributed by atoms with E-state index >= 15 is 0 Å². The number of methoxy groups -OCH3 is 1. The minimum Gasteiger partial charge on any atom is -0.493 e. The minimum atomic E-state index is -0.166. The van der Waals surface area contributed by atoms with E-state index in [1.807, 2.05) is 30.3 Å². The van der Waals surface area contributed by atoms with Gasteiger partial charge in [0.1, 0.15) is 0 Å². The van der Waals surface area contributed by atoms with Crippen LogP contribution in [0.2, 0.25) is 0 Å². The second-order valence-electron chi connectivity index (χ2n) is 7.18. The van der Waals surface area contributed by atoms with E-state index in [1.54, 1.807) is 13.2 Å². The number of nitrogens with one attached hydrogen (secondary N) is 1. The van der Waals surface area contributed by atoms with Crippen molar-refractivity contribution in [3.63, 3.8) is 0 Å². The van der Waals surface area contributed by atoms with Crippen molar-refractivity contribution in [3.05, 3.63) is 54.1 Å². The van der Waals surface area contributed by atoms with E-state index in [-0.39, 0.29) is 5.91 Å². The zero-order valence-electron chi connectivity index (χ0n) is 17.3. The van der Waals surface area contributed by atoms with E-state index in [9.17, 15) is 4.79 Å². The lowest BCUT2D eigenvalue weighted by molar-refractivity contribution is -0.111. The number of piperidine rings is 1. The normalized spacial score (nSPS) is 14.1. The fraction of sp³-hybridized carbons (Fsp3) is 0.375. The maximum absolute atomic E-state index is 12.3. The highest BCUT2D eigenvalue weighted by Gasteiger charge is 2.10. The molecule has 1 aliphatic rings. The molecule has 0 atom stereocenters. The van der Waals surface area contributed by atoms with Gasteiger partial charge in [0.25, 0.3) is 0 Å². The van der Waals surface area contributed by atoms with Gasteiger partial charge in [-0.15, -0.1) is 0 Å². The van der Waals surface area contributed by atoms with Gasteiger partial charge < -0.3 is 19.7 Å². The second-order valence-corrected chi connectivity index (χ2v) is 7.18. The van der Waals surface area contributed by atoms with Crippen molar-refractivity contribution in [1.29, 1.82) is 0 Å². The van der Waals surface area contributed by atoms with Crippen molar-refractivity contribution >= 4 is 23.4 Å². The lowest BCUT2D eigenvalue weighted by Crippen LogP contribution is -2.29. The quantitative estimate of drug-likeness (QED) is 0.631. The van der Waals surface area contributed by atoms with E-state index in [4.69, 9.17) is 9.47 Å². The molecule has 1 fully saturated rings. The van der Waals surface area contributed by atoms with E-state index in [1.165, 1.54) is 31.0 Å². The molecule has 5 nitrogen and oxygen atoms in total. The molecule has 0 spiro atoms. The molecule has 5 heteroatoms. The van der Waals surface area contributed by atoms with Gasteiger partial charge in [-0.1, -0.05) is 13.0 Å². The SMILES string of the molecule is CCCOc1ccc(C=CC(=O)Nc2ccc(N3CCCCC3)cc2)cc1OC. The number of hydrogen-bond acceptors (Lipinski definition) is 4. The first-order chi connectivity index (χ1) is 14.2. The van der Waals surface area contributed by atoms with Crippen LogP contribution in [0.1, 0.15) is 38.2 Å². The lowest BCUT2D eigenvalue weighted by Gasteiger charge is -2.28. The summed E-state index contributed by atoms with van der Waals surface area (Å²) in [6.07, 6.45) is 8.05. The van der Waals surface area contributed by atoms with Crippen LogP contribution >= 0.6 is 0 Å². The third kappa shape index (κ3) is 6.01. The van der Waals surface area contributed by atoms with E-state index in [0.29, 0.717) is 18.1 Å². The Morgan fingerprint density at radius 3 is 2.52 bits per heavy atom. The molecule has 0 bridgehead atoms. The van der Waals surface area contributed by atoms with Crippen molar-refractivity contribution in [3.8, 4) is 11.5 Å². The Morgan fingerprint density at radius 1 is 1.07 bits per heavy atom. The van der Waals surface area contributed by atoms with Crippen LogP contribution in [0.5, 0.6) is 11.5 Å². The van der Waals surface area contributed by atoms with E-state index in [2.05, 4.69) is 29.3 Å². The highest BCUT2D eigenvalue weighted by Crippen LogP contribution is 2.28. The first-order valence-electron chi connectivity index (χ1n) is 10.3. The third-order valence-electron chi connectivity index (χ3n) is 4.93. The highest BCUT2D eigenvalue weighted by molar-refractivity contribution is 6.02. The van der Waals surface area contributed by atoms with Gasteiger partial charge in [0.05, 0.1) is 13.7 Å². The summed E-state index contributed by atoms with van der Waals surface area (Å²) in [5.41, 5.74) is 2.89. The average molecular weight is 395 g/mol. The molecule has 0 unspecified atom stereocenters. The Bertz CT molecular complexity index is 825. The molecule has 154 valence electrons. The predicted octanol–water partition coefficient (Wildman–Crippen LogP) is 5.13. The molecule has 0 radical (unpaired) electrons. The molecular weight excluding hydrogens is 364 g/mol. The smallest absolute Gasteiger partial charge is 0.248 e. The molecule has 2 aromatic carbocycles. The molecule has 29 heavy (non-hydrogen) atoms. The molecule has 0 aliphatic carbocycles. The maximum Gasteiger partial charge on any atom is 0.248 e. The maximum atomic E-state index is 12.3. The Labute approximate surface area is 173 Å². The number of rotatable bonds is 8. The third-order valence-corrected chi connectivity index (χ3v) is 4.93. The molecule has 0 saturated carbocycles. The number of hydrogen-bond donors (Lipinski definition) is 1. The van der Waals surface area contributed by atoms with Crippen LogP contribution in [0.25, 0.3) is 6.08 Å². The second kappa shape index (κ2) is 10.6. The molecule has 3 rings (SSSR count). The van der Waals surface area contributed by atoms with Gasteiger partial charge in [-0.2, -0.15) is 0 Å². The van der Waals surface area contributed by atoms with Gasteiger partial charge in [-0.05, 0) is 73.7 Å². The van der Waals surface area contributed by atoms with Gasteiger partial charge in [0.15, 0.2) is 11.5 Å².